The summed E-state index contributed by atoms with van der Waals surface area (Å²) in [5.41, 5.74) is -0.467. The lowest BCUT2D eigenvalue weighted by atomic mass is 10.5. The lowest BCUT2D eigenvalue weighted by Gasteiger charge is -1.68. The highest BCUT2D eigenvalue weighted by atomic mass is 32.2. The second kappa shape index (κ2) is 1.33. The molecule has 46 valence electrons. The van der Waals surface area contributed by atoms with Crippen molar-refractivity contribution >= 4 is 10.8 Å². The van der Waals surface area contributed by atoms with Gasteiger partial charge in [-0.2, -0.15) is 0 Å². The Bertz CT molecular complexity index is 338. The van der Waals surface area contributed by atoms with Crippen LogP contribution in [-0.2, 0) is 10.8 Å². The van der Waals surface area contributed by atoms with Crippen LogP contribution in [0.5, 0.6) is 0 Å². The van der Waals surface area contributed by atoms with Crippen LogP contribution in [0, 0.1) is 0 Å². The van der Waals surface area contributed by atoms with E-state index in [-0.39, 0.29) is 0 Å². The van der Waals surface area contributed by atoms with Gasteiger partial charge in [-0.3, -0.25) is 0 Å². The molecule has 0 saturated carbocycles. The molecule has 1 aromatic heterocycles. The lowest BCUT2D eigenvalue weighted by molar-refractivity contribution is 0.493. The van der Waals surface area contributed by atoms with Crippen molar-refractivity contribution in [3.63, 3.8) is 0 Å². The minimum absolute atomic E-state index is 0.331. The van der Waals surface area contributed by atoms with Gasteiger partial charge in [-0.25, -0.2) is 9.00 Å². The Morgan fingerprint density at radius 2 is 2.33 bits per heavy atom. The summed E-state index contributed by atoms with van der Waals surface area (Å²) in [5, 5.41) is 0. The second-order valence-corrected chi connectivity index (χ2v) is 3.06. The van der Waals surface area contributed by atoms with Crippen LogP contribution in [0.25, 0.3) is 0 Å². The zero-order chi connectivity index (χ0) is 6.43. The van der Waals surface area contributed by atoms with E-state index >= 15 is 0 Å². The van der Waals surface area contributed by atoms with Gasteiger partial charge < -0.3 is 4.42 Å². The molecule has 1 aromatic rings. The summed E-state index contributed by atoms with van der Waals surface area (Å²) in [6.45, 7) is 0. The van der Waals surface area contributed by atoms with Gasteiger partial charge in [-0.15, -0.1) is 0 Å². The van der Waals surface area contributed by atoms with Gasteiger partial charge in [0.15, 0.2) is 0 Å². The Morgan fingerprint density at radius 1 is 1.56 bits per heavy atom. The van der Waals surface area contributed by atoms with E-state index in [1.54, 1.807) is 6.07 Å². The fourth-order valence-corrected chi connectivity index (χ4v) is 1.60. The zero-order valence-electron chi connectivity index (χ0n) is 4.29. The van der Waals surface area contributed by atoms with E-state index in [0.717, 1.165) is 0 Å². The van der Waals surface area contributed by atoms with Gasteiger partial charge in [-0.1, -0.05) is 0 Å². The molecule has 0 spiro atoms. The predicted molar refractivity (Wildman–Crippen MR) is 29.7 cm³/mol. The van der Waals surface area contributed by atoms with Crippen molar-refractivity contribution in [3.8, 4) is 0 Å². The van der Waals surface area contributed by atoms with E-state index in [9.17, 15) is 9.00 Å². The van der Waals surface area contributed by atoms with E-state index in [2.05, 4.69) is 4.42 Å². The maximum atomic E-state index is 10.6. The van der Waals surface area contributed by atoms with Crippen LogP contribution >= 0.6 is 0 Å². The van der Waals surface area contributed by atoms with Crippen LogP contribution in [0.2, 0.25) is 0 Å². The first-order valence-electron chi connectivity index (χ1n) is 2.34. The molecule has 4 heteroatoms. The Labute approximate surface area is 52.8 Å². The average molecular weight is 142 g/mol. The standard InChI is InChI=1S/C5H2O3S/c6-5-4-3(9(4)7)1-2-8-5/h1-2H. The monoisotopic (exact) mass is 142 g/mol. The molecule has 0 aliphatic carbocycles. The summed E-state index contributed by atoms with van der Waals surface area (Å²) in [7, 11) is -1.13. The van der Waals surface area contributed by atoms with Crippen molar-refractivity contribution in [2.45, 2.75) is 9.79 Å². The minimum atomic E-state index is -1.13. The molecule has 0 saturated heterocycles. The van der Waals surface area contributed by atoms with Crippen LogP contribution in [0.1, 0.15) is 0 Å². The van der Waals surface area contributed by atoms with Gasteiger partial charge in [0.25, 0.3) is 0 Å². The highest BCUT2D eigenvalue weighted by molar-refractivity contribution is 7.90. The molecule has 0 amide bonds. The maximum Gasteiger partial charge on any atom is 0.353 e. The molecular formula is C5H2O3S. The molecule has 0 N–H and O–H groups in total. The fourth-order valence-electron chi connectivity index (χ4n) is 0.671. The van der Waals surface area contributed by atoms with Gasteiger partial charge in [-0.05, 0) is 6.07 Å². The average Bonchev–Trinajstić information content (AvgIpc) is 2.45. The van der Waals surface area contributed by atoms with Gasteiger partial charge in [0.05, 0.1) is 22.0 Å². The number of hydrogen-bond acceptors (Lipinski definition) is 3. The smallest absolute Gasteiger partial charge is 0.353 e. The molecule has 2 heterocycles. The Kier molecular flexibility index (Phi) is 0.728. The Balaban J connectivity index is 2.89. The van der Waals surface area contributed by atoms with Crippen LogP contribution < -0.4 is 5.63 Å². The van der Waals surface area contributed by atoms with E-state index in [4.69, 9.17) is 0 Å². The van der Waals surface area contributed by atoms with E-state index < -0.39 is 16.4 Å². The molecule has 1 atom stereocenters. The molecule has 1 aliphatic heterocycles. The van der Waals surface area contributed by atoms with E-state index in [1.807, 2.05) is 0 Å². The van der Waals surface area contributed by atoms with Gasteiger partial charge in [0, 0.05) is 0 Å². The minimum Gasteiger partial charge on any atom is -0.430 e. The molecule has 0 radical (unpaired) electrons. The third-order valence-corrected chi connectivity index (χ3v) is 2.44. The molecule has 3 nitrogen and oxygen atoms in total. The normalized spacial score (nSPS) is 21.1. The van der Waals surface area contributed by atoms with Crippen LogP contribution in [0.3, 0.4) is 0 Å². The number of rotatable bonds is 0. The molecule has 0 aromatic carbocycles. The molecule has 0 fully saturated rings. The van der Waals surface area contributed by atoms with Gasteiger partial charge >= 0.3 is 5.63 Å². The molecule has 1 unspecified atom stereocenters. The predicted octanol–water partition coefficient (Wildman–Crippen LogP) is 0.120. The Morgan fingerprint density at radius 3 is 2.89 bits per heavy atom. The number of hydrogen-bond donors (Lipinski definition) is 0. The van der Waals surface area contributed by atoms with Crippen molar-refractivity contribution in [2.75, 3.05) is 0 Å². The molecule has 1 aliphatic rings. The van der Waals surface area contributed by atoms with Crippen molar-refractivity contribution in [1.82, 2.24) is 0 Å². The fraction of sp³-hybridized carbons (Fsp3) is 0. The third kappa shape index (κ3) is 0.506. The SMILES string of the molecule is O=c1occc2c1S2=O. The molecule has 0 bridgehead atoms. The van der Waals surface area contributed by atoms with Crippen molar-refractivity contribution in [3.05, 3.63) is 22.7 Å². The second-order valence-electron chi connectivity index (χ2n) is 1.67. The topological polar surface area (TPSA) is 47.3 Å². The first kappa shape index (κ1) is 4.93. The highest BCUT2D eigenvalue weighted by Gasteiger charge is 2.33. The maximum absolute atomic E-state index is 10.6. The third-order valence-electron chi connectivity index (χ3n) is 1.15. The summed E-state index contributed by atoms with van der Waals surface area (Å²) in [4.78, 5) is 11.5. The van der Waals surface area contributed by atoms with Gasteiger partial charge in [0.1, 0.15) is 4.90 Å². The largest absolute Gasteiger partial charge is 0.430 e. The molecule has 9 heavy (non-hydrogen) atoms. The first-order chi connectivity index (χ1) is 4.30. The zero-order valence-corrected chi connectivity index (χ0v) is 5.10. The van der Waals surface area contributed by atoms with E-state index in [1.165, 1.54) is 6.26 Å². The van der Waals surface area contributed by atoms with Crippen molar-refractivity contribution in [1.29, 1.82) is 0 Å². The van der Waals surface area contributed by atoms with Gasteiger partial charge in [0.2, 0.25) is 0 Å². The van der Waals surface area contributed by atoms with Crippen molar-refractivity contribution in [2.24, 2.45) is 0 Å². The Hall–Kier alpha value is -0.900. The molecular weight excluding hydrogens is 140 g/mol. The number of fused-ring (bicyclic) bond motifs is 1. The van der Waals surface area contributed by atoms with E-state index in [0.29, 0.717) is 9.79 Å². The summed E-state index contributed by atoms with van der Waals surface area (Å²) < 4.78 is 15.0. The summed E-state index contributed by atoms with van der Waals surface area (Å²) in [5.74, 6) is 0. The highest BCUT2D eigenvalue weighted by Crippen LogP contribution is 2.30. The summed E-state index contributed by atoms with van der Waals surface area (Å²) in [6, 6.07) is 1.55. The van der Waals surface area contributed by atoms with Crippen LogP contribution in [0.15, 0.2) is 31.3 Å². The summed E-state index contributed by atoms with van der Waals surface area (Å²) >= 11 is 0. The quantitative estimate of drug-likeness (QED) is 0.491. The lowest BCUT2D eigenvalue weighted by Crippen LogP contribution is -1.92. The van der Waals surface area contributed by atoms with Crippen LogP contribution in [-0.4, -0.2) is 4.21 Å². The van der Waals surface area contributed by atoms with Crippen molar-refractivity contribution < 1.29 is 8.63 Å². The first-order valence-corrected chi connectivity index (χ1v) is 3.49. The summed E-state index contributed by atoms with van der Waals surface area (Å²) in [6.07, 6.45) is 1.26. The molecule has 2 rings (SSSR count). The van der Waals surface area contributed by atoms with Crippen LogP contribution in [0.4, 0.5) is 0 Å².